The van der Waals surface area contributed by atoms with Crippen molar-refractivity contribution in [2.45, 2.75) is 22.6 Å². The highest BCUT2D eigenvalue weighted by atomic mass is 32.2. The van der Waals surface area contributed by atoms with Gasteiger partial charge in [-0.1, -0.05) is 18.2 Å². The molecule has 2 heterocycles. The second-order valence-electron chi connectivity index (χ2n) is 6.71. The minimum Gasteiger partial charge on any atom is -0.493 e. The molecule has 0 unspecified atom stereocenters. The van der Waals surface area contributed by atoms with Crippen molar-refractivity contribution in [3.05, 3.63) is 48.7 Å². The van der Waals surface area contributed by atoms with Crippen molar-refractivity contribution < 1.29 is 17.9 Å². The zero-order chi connectivity index (χ0) is 19.7. The maximum Gasteiger partial charge on any atom is 0.210 e. The van der Waals surface area contributed by atoms with Gasteiger partial charge in [-0.3, -0.25) is 4.98 Å². The van der Waals surface area contributed by atoms with E-state index >= 15 is 0 Å². The molecule has 1 aromatic heterocycles. The number of methoxy groups -OCH3 is 2. The molecular weight excluding hydrogens is 376 g/mol. The summed E-state index contributed by atoms with van der Waals surface area (Å²) in [5, 5.41) is 0.747. The average molecular weight is 398 g/mol. The molecule has 1 aliphatic heterocycles. The molecule has 0 spiro atoms. The summed E-state index contributed by atoms with van der Waals surface area (Å²) in [6.45, 7) is 1.62. The Morgan fingerprint density at radius 3 is 2.25 bits per heavy atom. The predicted octanol–water partition coefficient (Wildman–Crippen LogP) is 3.69. The number of sulfone groups is 1. The summed E-state index contributed by atoms with van der Waals surface area (Å²) in [6, 6.07) is 12.1. The van der Waals surface area contributed by atoms with Gasteiger partial charge >= 0.3 is 0 Å². The highest BCUT2D eigenvalue weighted by Crippen LogP contribution is 2.41. The van der Waals surface area contributed by atoms with E-state index in [9.17, 15) is 8.42 Å². The molecular formula is C21H22N2O4S. The van der Waals surface area contributed by atoms with Gasteiger partial charge in [0.15, 0.2) is 11.5 Å². The molecule has 2 aromatic carbocycles. The maximum absolute atomic E-state index is 13.4. The zero-order valence-electron chi connectivity index (χ0n) is 15.9. The van der Waals surface area contributed by atoms with Crippen LogP contribution in [0.4, 0.5) is 5.69 Å². The molecule has 6 nitrogen and oxygen atoms in total. The van der Waals surface area contributed by atoms with Gasteiger partial charge in [0, 0.05) is 30.7 Å². The monoisotopic (exact) mass is 398 g/mol. The molecule has 7 heteroatoms. The predicted molar refractivity (Wildman–Crippen MR) is 108 cm³/mol. The normalized spacial score (nSPS) is 14.4. The van der Waals surface area contributed by atoms with Crippen LogP contribution in [-0.2, 0) is 9.84 Å². The van der Waals surface area contributed by atoms with Crippen molar-refractivity contribution in [1.29, 1.82) is 0 Å². The number of ether oxygens (including phenoxy) is 2. The third kappa shape index (κ3) is 3.05. The Morgan fingerprint density at radius 2 is 1.61 bits per heavy atom. The Bertz CT molecular complexity index is 1110. The van der Waals surface area contributed by atoms with E-state index in [2.05, 4.69) is 9.88 Å². The number of hydrogen-bond acceptors (Lipinski definition) is 6. The molecule has 0 aliphatic carbocycles. The van der Waals surface area contributed by atoms with Crippen molar-refractivity contribution in [2.75, 3.05) is 32.2 Å². The number of anilines is 1. The van der Waals surface area contributed by atoms with Gasteiger partial charge in [-0.15, -0.1) is 0 Å². The minimum atomic E-state index is -3.71. The summed E-state index contributed by atoms with van der Waals surface area (Å²) in [6.07, 6.45) is 3.52. The SMILES string of the molecule is COc1cc2ncc(S(=O)(=O)c3ccccc3)c(N3CCCC3)c2cc1OC. The average Bonchev–Trinajstić information content (AvgIpc) is 3.26. The standard InChI is InChI=1S/C21H22N2O4S/c1-26-18-12-16-17(13-19(18)27-2)22-14-20(21(16)23-10-6-7-11-23)28(24,25)15-8-4-3-5-9-15/h3-5,8-9,12-14H,6-7,10-11H2,1-2H3. The van der Waals surface area contributed by atoms with Crippen LogP contribution in [0.25, 0.3) is 10.9 Å². The maximum atomic E-state index is 13.4. The second kappa shape index (κ2) is 7.31. The quantitative estimate of drug-likeness (QED) is 0.653. The van der Waals surface area contributed by atoms with Crippen molar-refractivity contribution in [1.82, 2.24) is 4.98 Å². The summed E-state index contributed by atoms with van der Waals surface area (Å²) in [5.41, 5.74) is 1.36. The van der Waals surface area contributed by atoms with Gasteiger partial charge in [0.25, 0.3) is 0 Å². The first-order valence-corrected chi connectivity index (χ1v) is 10.6. The van der Waals surface area contributed by atoms with Crippen LogP contribution in [0, 0.1) is 0 Å². The number of fused-ring (bicyclic) bond motifs is 1. The van der Waals surface area contributed by atoms with Gasteiger partial charge in [-0.05, 0) is 31.0 Å². The van der Waals surface area contributed by atoms with Gasteiger partial charge in [0.2, 0.25) is 9.84 Å². The van der Waals surface area contributed by atoms with Gasteiger partial charge in [-0.25, -0.2) is 8.42 Å². The lowest BCUT2D eigenvalue weighted by Crippen LogP contribution is -2.21. The summed E-state index contributed by atoms with van der Waals surface area (Å²) < 4.78 is 37.7. The first-order valence-electron chi connectivity index (χ1n) is 9.16. The largest absolute Gasteiger partial charge is 0.493 e. The van der Waals surface area contributed by atoms with Gasteiger partial charge < -0.3 is 14.4 Å². The Hall–Kier alpha value is -2.80. The first-order chi connectivity index (χ1) is 13.6. The van der Waals surface area contributed by atoms with E-state index in [1.807, 2.05) is 6.07 Å². The van der Waals surface area contributed by atoms with Crippen molar-refractivity contribution in [3.8, 4) is 11.5 Å². The fraction of sp³-hybridized carbons (Fsp3) is 0.286. The number of aromatic nitrogens is 1. The zero-order valence-corrected chi connectivity index (χ0v) is 16.7. The summed E-state index contributed by atoms with van der Waals surface area (Å²) in [7, 11) is -0.575. The lowest BCUT2D eigenvalue weighted by molar-refractivity contribution is 0.356. The molecule has 0 atom stereocenters. The van der Waals surface area contributed by atoms with Crippen LogP contribution in [0.15, 0.2) is 58.5 Å². The van der Waals surface area contributed by atoms with Gasteiger partial charge in [0.05, 0.1) is 30.3 Å². The third-order valence-electron chi connectivity index (χ3n) is 5.08. The summed E-state index contributed by atoms with van der Waals surface area (Å²) >= 11 is 0. The minimum absolute atomic E-state index is 0.223. The fourth-order valence-electron chi connectivity index (χ4n) is 3.68. The summed E-state index contributed by atoms with van der Waals surface area (Å²) in [4.78, 5) is 7.06. The summed E-state index contributed by atoms with van der Waals surface area (Å²) in [5.74, 6) is 1.11. The Balaban J connectivity index is 2.02. The Labute approximate surface area is 164 Å². The molecule has 3 aromatic rings. The topological polar surface area (TPSA) is 68.7 Å². The Morgan fingerprint density at radius 1 is 0.964 bits per heavy atom. The van der Waals surface area contributed by atoms with Gasteiger partial charge in [0.1, 0.15) is 4.90 Å². The number of rotatable bonds is 5. The molecule has 0 radical (unpaired) electrons. The number of pyridine rings is 1. The van der Waals surface area contributed by atoms with E-state index in [4.69, 9.17) is 9.47 Å². The van der Waals surface area contributed by atoms with Crippen LogP contribution in [0.2, 0.25) is 0 Å². The van der Waals surface area contributed by atoms with E-state index in [0.29, 0.717) is 22.7 Å². The second-order valence-corrected chi connectivity index (χ2v) is 8.62. The van der Waals surface area contributed by atoms with Crippen LogP contribution >= 0.6 is 0 Å². The number of nitrogens with zero attached hydrogens (tertiary/aromatic N) is 2. The molecule has 1 fully saturated rings. The molecule has 1 aliphatic rings. The fourth-order valence-corrected chi connectivity index (χ4v) is 5.13. The van der Waals surface area contributed by atoms with E-state index in [1.165, 1.54) is 6.20 Å². The van der Waals surface area contributed by atoms with Gasteiger partial charge in [-0.2, -0.15) is 0 Å². The molecule has 1 saturated heterocycles. The first kappa shape index (κ1) is 18.6. The Kier molecular flexibility index (Phi) is 4.85. The third-order valence-corrected chi connectivity index (χ3v) is 6.85. The van der Waals surface area contributed by atoms with E-state index in [0.717, 1.165) is 31.3 Å². The van der Waals surface area contributed by atoms with E-state index < -0.39 is 9.84 Å². The van der Waals surface area contributed by atoms with Crippen molar-refractivity contribution in [2.24, 2.45) is 0 Å². The molecule has 4 rings (SSSR count). The van der Waals surface area contributed by atoms with Crippen LogP contribution in [0.3, 0.4) is 0 Å². The smallest absolute Gasteiger partial charge is 0.210 e. The molecule has 0 amide bonds. The molecule has 28 heavy (non-hydrogen) atoms. The lowest BCUT2D eigenvalue weighted by Gasteiger charge is -2.23. The number of benzene rings is 2. The molecule has 0 N–H and O–H groups in total. The molecule has 146 valence electrons. The highest BCUT2D eigenvalue weighted by molar-refractivity contribution is 7.91. The molecule has 0 saturated carbocycles. The van der Waals surface area contributed by atoms with Crippen LogP contribution in [-0.4, -0.2) is 40.7 Å². The lowest BCUT2D eigenvalue weighted by atomic mass is 10.1. The van der Waals surface area contributed by atoms with E-state index in [1.54, 1.807) is 50.6 Å². The van der Waals surface area contributed by atoms with Crippen LogP contribution in [0.1, 0.15) is 12.8 Å². The van der Waals surface area contributed by atoms with Crippen LogP contribution in [0.5, 0.6) is 11.5 Å². The van der Waals surface area contributed by atoms with Crippen molar-refractivity contribution in [3.63, 3.8) is 0 Å². The van der Waals surface area contributed by atoms with Crippen molar-refractivity contribution >= 4 is 26.4 Å². The van der Waals surface area contributed by atoms with E-state index in [-0.39, 0.29) is 9.79 Å². The molecule has 0 bridgehead atoms. The number of hydrogen-bond donors (Lipinski definition) is 0. The van der Waals surface area contributed by atoms with Crippen LogP contribution < -0.4 is 14.4 Å². The highest BCUT2D eigenvalue weighted by Gasteiger charge is 2.28.